The lowest BCUT2D eigenvalue weighted by Crippen LogP contribution is -2.29. The molecule has 1 aliphatic heterocycles. The molecule has 1 saturated heterocycles. The van der Waals surface area contributed by atoms with E-state index in [9.17, 15) is 12.8 Å². The topological polar surface area (TPSA) is 75.4 Å². The number of halogens is 1. The molecular weight excluding hydrogens is 293 g/mol. The molecular formula is C14H22FN3O2S. The number of hydrogen-bond donors (Lipinski definition) is 2. The second-order valence-electron chi connectivity index (χ2n) is 5.26. The van der Waals surface area contributed by atoms with E-state index in [2.05, 4.69) is 9.62 Å². The summed E-state index contributed by atoms with van der Waals surface area (Å²) in [5.41, 5.74) is 5.60. The van der Waals surface area contributed by atoms with E-state index in [-0.39, 0.29) is 17.0 Å². The van der Waals surface area contributed by atoms with E-state index in [1.807, 2.05) is 0 Å². The Labute approximate surface area is 125 Å². The fourth-order valence-corrected chi connectivity index (χ4v) is 3.60. The van der Waals surface area contributed by atoms with Crippen LogP contribution in [0.2, 0.25) is 0 Å². The van der Waals surface area contributed by atoms with Gasteiger partial charge in [-0.05, 0) is 57.1 Å². The maximum Gasteiger partial charge on any atom is 0.240 e. The molecule has 0 saturated carbocycles. The highest BCUT2D eigenvalue weighted by Gasteiger charge is 2.16. The highest BCUT2D eigenvalue weighted by molar-refractivity contribution is 7.89. The molecule has 0 spiro atoms. The fraction of sp³-hybridized carbons (Fsp3) is 0.571. The van der Waals surface area contributed by atoms with Crippen LogP contribution < -0.4 is 10.5 Å². The molecule has 0 unspecified atom stereocenters. The Morgan fingerprint density at radius 1 is 1.29 bits per heavy atom. The van der Waals surface area contributed by atoms with E-state index >= 15 is 0 Å². The summed E-state index contributed by atoms with van der Waals surface area (Å²) in [5.74, 6) is -0.481. The van der Waals surface area contributed by atoms with E-state index in [0.717, 1.165) is 32.1 Å². The zero-order valence-electron chi connectivity index (χ0n) is 12.0. The normalized spacial score (nSPS) is 16.5. The summed E-state index contributed by atoms with van der Waals surface area (Å²) in [7, 11) is -3.60. The van der Waals surface area contributed by atoms with E-state index in [1.54, 1.807) is 0 Å². The summed E-state index contributed by atoms with van der Waals surface area (Å²) in [6, 6.07) is 3.69. The predicted octanol–water partition coefficient (Wildman–Crippen LogP) is 1.05. The summed E-state index contributed by atoms with van der Waals surface area (Å²) < 4.78 is 40.1. The quantitative estimate of drug-likeness (QED) is 0.738. The Kier molecular flexibility index (Phi) is 5.69. The van der Waals surface area contributed by atoms with Crippen LogP contribution in [0, 0.1) is 5.82 Å². The molecule has 1 aromatic carbocycles. The molecule has 1 fully saturated rings. The fourth-order valence-electron chi connectivity index (χ4n) is 2.47. The Morgan fingerprint density at radius 3 is 2.67 bits per heavy atom. The van der Waals surface area contributed by atoms with Gasteiger partial charge in [-0.3, -0.25) is 0 Å². The third-order valence-electron chi connectivity index (χ3n) is 3.69. The summed E-state index contributed by atoms with van der Waals surface area (Å²) in [6.07, 6.45) is 3.22. The minimum Gasteiger partial charge on any atom is -0.326 e. The molecule has 0 atom stereocenters. The monoisotopic (exact) mass is 315 g/mol. The SMILES string of the molecule is NCc1cc(S(=O)(=O)NCCCN2CCCC2)ccc1F. The van der Waals surface area contributed by atoms with Gasteiger partial charge in [0.2, 0.25) is 10.0 Å². The molecule has 2 rings (SSSR count). The average Bonchev–Trinajstić information content (AvgIpc) is 2.97. The first-order valence-electron chi connectivity index (χ1n) is 7.23. The number of benzene rings is 1. The van der Waals surface area contributed by atoms with Crippen LogP contribution in [0.25, 0.3) is 0 Å². The van der Waals surface area contributed by atoms with Crippen molar-refractivity contribution >= 4 is 10.0 Å². The highest BCUT2D eigenvalue weighted by atomic mass is 32.2. The van der Waals surface area contributed by atoms with Crippen molar-refractivity contribution in [3.63, 3.8) is 0 Å². The maximum absolute atomic E-state index is 13.3. The number of rotatable bonds is 7. The molecule has 7 heteroatoms. The van der Waals surface area contributed by atoms with Gasteiger partial charge >= 0.3 is 0 Å². The lowest BCUT2D eigenvalue weighted by Gasteiger charge is -2.14. The molecule has 0 amide bonds. The number of nitrogens with zero attached hydrogens (tertiary/aromatic N) is 1. The standard InChI is InChI=1S/C14H22FN3O2S/c15-14-5-4-13(10-12(14)11-16)21(19,20)17-6-3-9-18-7-1-2-8-18/h4-5,10,17H,1-3,6-9,11,16H2. The Bertz CT molecular complexity index is 572. The third kappa shape index (κ3) is 4.47. The van der Waals surface area contributed by atoms with Crippen molar-refractivity contribution in [3.8, 4) is 0 Å². The minimum atomic E-state index is -3.60. The minimum absolute atomic E-state index is 0.0237. The molecule has 1 heterocycles. The molecule has 3 N–H and O–H groups in total. The van der Waals surface area contributed by atoms with Gasteiger partial charge in [0.25, 0.3) is 0 Å². The summed E-state index contributed by atoms with van der Waals surface area (Å²) in [6.45, 7) is 3.47. The first-order chi connectivity index (χ1) is 10.0. The Balaban J connectivity index is 1.88. The first kappa shape index (κ1) is 16.4. The van der Waals surface area contributed by atoms with Crippen LogP contribution in [0.3, 0.4) is 0 Å². The van der Waals surface area contributed by atoms with Gasteiger partial charge in [0.15, 0.2) is 0 Å². The van der Waals surface area contributed by atoms with Crippen molar-refractivity contribution in [3.05, 3.63) is 29.6 Å². The highest BCUT2D eigenvalue weighted by Crippen LogP contribution is 2.14. The van der Waals surface area contributed by atoms with Crippen LogP contribution in [-0.4, -0.2) is 39.5 Å². The van der Waals surface area contributed by atoms with Crippen LogP contribution >= 0.6 is 0 Å². The van der Waals surface area contributed by atoms with Crippen LogP contribution in [-0.2, 0) is 16.6 Å². The van der Waals surface area contributed by atoms with Crippen LogP contribution in [0.4, 0.5) is 4.39 Å². The predicted molar refractivity (Wildman–Crippen MR) is 79.8 cm³/mol. The molecule has 0 bridgehead atoms. The lowest BCUT2D eigenvalue weighted by molar-refractivity contribution is 0.334. The van der Waals surface area contributed by atoms with E-state index < -0.39 is 15.8 Å². The van der Waals surface area contributed by atoms with Gasteiger partial charge < -0.3 is 10.6 Å². The zero-order valence-corrected chi connectivity index (χ0v) is 12.8. The van der Waals surface area contributed by atoms with Gasteiger partial charge in [0, 0.05) is 18.7 Å². The second-order valence-corrected chi connectivity index (χ2v) is 7.02. The smallest absolute Gasteiger partial charge is 0.240 e. The van der Waals surface area contributed by atoms with Gasteiger partial charge in [-0.15, -0.1) is 0 Å². The van der Waals surface area contributed by atoms with Crippen LogP contribution in [0.5, 0.6) is 0 Å². The molecule has 1 aromatic rings. The van der Waals surface area contributed by atoms with Gasteiger partial charge in [0.1, 0.15) is 5.82 Å². The van der Waals surface area contributed by atoms with Crippen molar-refractivity contribution in [2.24, 2.45) is 5.73 Å². The van der Waals surface area contributed by atoms with Crippen LogP contribution in [0.15, 0.2) is 23.1 Å². The first-order valence-corrected chi connectivity index (χ1v) is 8.72. The molecule has 5 nitrogen and oxygen atoms in total. The van der Waals surface area contributed by atoms with E-state index in [4.69, 9.17) is 5.73 Å². The van der Waals surface area contributed by atoms with Crippen LogP contribution in [0.1, 0.15) is 24.8 Å². The van der Waals surface area contributed by atoms with E-state index in [1.165, 1.54) is 25.0 Å². The van der Waals surface area contributed by atoms with Crippen molar-refractivity contribution in [1.82, 2.24) is 9.62 Å². The summed E-state index contributed by atoms with van der Waals surface area (Å²) in [5, 5.41) is 0. The number of nitrogens with two attached hydrogens (primary N) is 1. The lowest BCUT2D eigenvalue weighted by atomic mass is 10.2. The van der Waals surface area contributed by atoms with E-state index in [0.29, 0.717) is 6.54 Å². The number of hydrogen-bond acceptors (Lipinski definition) is 4. The number of likely N-dealkylation sites (tertiary alicyclic amines) is 1. The largest absolute Gasteiger partial charge is 0.326 e. The zero-order chi connectivity index (χ0) is 15.3. The summed E-state index contributed by atoms with van der Waals surface area (Å²) in [4.78, 5) is 2.39. The molecule has 118 valence electrons. The van der Waals surface area contributed by atoms with Gasteiger partial charge in [-0.2, -0.15) is 0 Å². The second kappa shape index (κ2) is 7.31. The Morgan fingerprint density at radius 2 is 2.00 bits per heavy atom. The maximum atomic E-state index is 13.3. The van der Waals surface area contributed by atoms with Crippen molar-refractivity contribution in [2.45, 2.75) is 30.7 Å². The molecule has 21 heavy (non-hydrogen) atoms. The average molecular weight is 315 g/mol. The Hall–Kier alpha value is -1.02. The molecule has 0 radical (unpaired) electrons. The summed E-state index contributed by atoms with van der Waals surface area (Å²) >= 11 is 0. The third-order valence-corrected chi connectivity index (χ3v) is 5.15. The molecule has 1 aliphatic rings. The molecule has 0 aromatic heterocycles. The van der Waals surface area contributed by atoms with Gasteiger partial charge in [-0.1, -0.05) is 0 Å². The van der Waals surface area contributed by atoms with Gasteiger partial charge in [0.05, 0.1) is 4.90 Å². The van der Waals surface area contributed by atoms with Crippen molar-refractivity contribution in [1.29, 1.82) is 0 Å². The van der Waals surface area contributed by atoms with Gasteiger partial charge in [-0.25, -0.2) is 17.5 Å². The molecule has 0 aliphatic carbocycles. The number of nitrogens with one attached hydrogen (secondary N) is 1. The van der Waals surface area contributed by atoms with Crippen molar-refractivity contribution < 1.29 is 12.8 Å². The van der Waals surface area contributed by atoms with Crippen molar-refractivity contribution in [2.75, 3.05) is 26.2 Å². The number of sulfonamides is 1.